The fourth-order valence-electron chi connectivity index (χ4n) is 2.47. The van der Waals surface area contributed by atoms with Gasteiger partial charge in [0, 0.05) is 29.5 Å². The van der Waals surface area contributed by atoms with Crippen molar-refractivity contribution in [3.8, 4) is 5.69 Å². The molecule has 0 aliphatic rings. The second kappa shape index (κ2) is 8.37. The lowest BCUT2D eigenvalue weighted by Crippen LogP contribution is -2.34. The van der Waals surface area contributed by atoms with Crippen LogP contribution in [-0.4, -0.2) is 40.1 Å². The van der Waals surface area contributed by atoms with Gasteiger partial charge in [-0.05, 0) is 58.4 Å². The van der Waals surface area contributed by atoms with Crippen molar-refractivity contribution in [1.29, 1.82) is 0 Å². The van der Waals surface area contributed by atoms with Gasteiger partial charge in [-0.25, -0.2) is 4.68 Å². The first-order valence-corrected chi connectivity index (χ1v) is 9.21. The van der Waals surface area contributed by atoms with Crippen LogP contribution < -0.4 is 5.32 Å². The van der Waals surface area contributed by atoms with Crippen LogP contribution in [0.2, 0.25) is 5.02 Å². The van der Waals surface area contributed by atoms with E-state index in [1.54, 1.807) is 66.5 Å². The van der Waals surface area contributed by atoms with Crippen LogP contribution in [0, 0.1) is 0 Å². The molecule has 27 heavy (non-hydrogen) atoms. The van der Waals surface area contributed by atoms with E-state index < -0.39 is 0 Å². The number of benzene rings is 2. The maximum absolute atomic E-state index is 12.5. The molecule has 3 rings (SSSR count). The molecular weight excluding hydrogens is 432 g/mol. The average molecular weight is 448 g/mol. The fraction of sp³-hybridized carbons (Fsp3) is 0.105. The van der Waals surface area contributed by atoms with Gasteiger partial charge in [0.2, 0.25) is 5.91 Å². The summed E-state index contributed by atoms with van der Waals surface area (Å²) in [5, 5.41) is 7.44. The van der Waals surface area contributed by atoms with Gasteiger partial charge in [0.1, 0.15) is 0 Å². The minimum Gasteiger partial charge on any atom is -0.332 e. The Labute approximate surface area is 169 Å². The van der Waals surface area contributed by atoms with E-state index in [2.05, 4.69) is 26.3 Å². The molecule has 0 atom stereocenters. The lowest BCUT2D eigenvalue weighted by molar-refractivity contribution is -0.116. The highest BCUT2D eigenvalue weighted by Crippen LogP contribution is 2.16. The Morgan fingerprint density at radius 2 is 1.96 bits per heavy atom. The van der Waals surface area contributed by atoms with Gasteiger partial charge in [0.15, 0.2) is 0 Å². The van der Waals surface area contributed by atoms with Crippen molar-refractivity contribution < 1.29 is 9.59 Å². The maximum Gasteiger partial charge on any atom is 0.254 e. The number of hydrogen-bond donors (Lipinski definition) is 1. The van der Waals surface area contributed by atoms with Crippen molar-refractivity contribution in [3.63, 3.8) is 0 Å². The fourth-order valence-corrected chi connectivity index (χ4v) is 2.95. The number of amides is 2. The zero-order valence-electron chi connectivity index (χ0n) is 14.4. The minimum atomic E-state index is -0.300. The van der Waals surface area contributed by atoms with Gasteiger partial charge in [0.05, 0.1) is 22.9 Å². The van der Waals surface area contributed by atoms with Crippen LogP contribution in [0.1, 0.15) is 10.4 Å². The van der Waals surface area contributed by atoms with E-state index in [-0.39, 0.29) is 18.4 Å². The molecular formula is C19H16BrClN4O2. The summed E-state index contributed by atoms with van der Waals surface area (Å²) in [5.41, 5.74) is 1.91. The SMILES string of the molecule is CN(CC(=O)Nc1cccc(Cl)c1)C(=O)c1ccc(-n2cc(Br)cn2)cc1. The van der Waals surface area contributed by atoms with Gasteiger partial charge >= 0.3 is 0 Å². The maximum atomic E-state index is 12.5. The van der Waals surface area contributed by atoms with Gasteiger partial charge in [-0.1, -0.05) is 17.7 Å². The van der Waals surface area contributed by atoms with Gasteiger partial charge < -0.3 is 10.2 Å². The molecule has 1 aromatic heterocycles. The molecule has 1 heterocycles. The summed E-state index contributed by atoms with van der Waals surface area (Å²) < 4.78 is 2.56. The minimum absolute atomic E-state index is 0.0702. The molecule has 2 aromatic carbocycles. The number of carbonyl (C=O) groups is 2. The highest BCUT2D eigenvalue weighted by atomic mass is 79.9. The molecule has 1 N–H and O–H groups in total. The molecule has 0 spiro atoms. The summed E-state index contributed by atoms with van der Waals surface area (Å²) in [6.07, 6.45) is 3.51. The van der Waals surface area contributed by atoms with E-state index >= 15 is 0 Å². The van der Waals surface area contributed by atoms with Crippen LogP contribution in [0.5, 0.6) is 0 Å². The van der Waals surface area contributed by atoms with E-state index in [4.69, 9.17) is 11.6 Å². The quantitative estimate of drug-likeness (QED) is 0.643. The molecule has 2 amide bonds. The van der Waals surface area contributed by atoms with Gasteiger partial charge in [-0.2, -0.15) is 5.10 Å². The summed E-state index contributed by atoms with van der Waals surface area (Å²) in [7, 11) is 1.58. The predicted molar refractivity (Wildman–Crippen MR) is 108 cm³/mol. The third kappa shape index (κ3) is 4.96. The second-order valence-electron chi connectivity index (χ2n) is 5.87. The molecule has 3 aromatic rings. The zero-order chi connectivity index (χ0) is 19.4. The predicted octanol–water partition coefficient (Wildman–Crippen LogP) is 4.00. The molecule has 0 saturated heterocycles. The topological polar surface area (TPSA) is 67.2 Å². The standard InChI is InChI=1S/C19H16BrClN4O2/c1-24(12-18(26)23-16-4-2-3-15(21)9-16)19(27)13-5-7-17(8-6-13)25-11-14(20)10-22-25/h2-11H,12H2,1H3,(H,23,26). The molecule has 6 nitrogen and oxygen atoms in total. The number of hydrogen-bond acceptors (Lipinski definition) is 3. The summed E-state index contributed by atoms with van der Waals surface area (Å²) >= 11 is 9.25. The molecule has 0 aliphatic heterocycles. The molecule has 0 radical (unpaired) electrons. The average Bonchev–Trinajstić information content (AvgIpc) is 3.07. The lowest BCUT2D eigenvalue weighted by atomic mass is 10.2. The van der Waals surface area contributed by atoms with Crippen molar-refractivity contribution in [3.05, 3.63) is 76.0 Å². The van der Waals surface area contributed by atoms with Crippen LogP contribution in [0.3, 0.4) is 0 Å². The smallest absolute Gasteiger partial charge is 0.254 e. The van der Waals surface area contributed by atoms with Crippen LogP contribution in [0.25, 0.3) is 5.69 Å². The summed E-state index contributed by atoms with van der Waals surface area (Å²) in [6.45, 7) is -0.0702. The Morgan fingerprint density at radius 1 is 1.22 bits per heavy atom. The highest BCUT2D eigenvalue weighted by molar-refractivity contribution is 9.10. The highest BCUT2D eigenvalue weighted by Gasteiger charge is 2.15. The van der Waals surface area contributed by atoms with Gasteiger partial charge in [0.25, 0.3) is 5.91 Å². The summed E-state index contributed by atoms with van der Waals surface area (Å²) in [5.74, 6) is -0.546. The number of carbonyl (C=O) groups excluding carboxylic acids is 2. The number of rotatable bonds is 5. The van der Waals surface area contributed by atoms with Crippen molar-refractivity contribution >= 4 is 45.0 Å². The number of nitrogens with zero attached hydrogens (tertiary/aromatic N) is 3. The van der Waals surface area contributed by atoms with Crippen molar-refractivity contribution in [2.24, 2.45) is 0 Å². The second-order valence-corrected chi connectivity index (χ2v) is 7.22. The first-order chi connectivity index (χ1) is 12.9. The molecule has 138 valence electrons. The Bertz CT molecular complexity index is 972. The van der Waals surface area contributed by atoms with Crippen molar-refractivity contribution in [2.45, 2.75) is 0 Å². The number of anilines is 1. The number of likely N-dealkylation sites (N-methyl/N-ethyl adjacent to an activating group) is 1. The largest absolute Gasteiger partial charge is 0.332 e. The van der Waals surface area contributed by atoms with E-state index in [0.29, 0.717) is 16.3 Å². The summed E-state index contributed by atoms with van der Waals surface area (Å²) in [6, 6.07) is 13.9. The number of nitrogens with one attached hydrogen (secondary N) is 1. The van der Waals surface area contributed by atoms with E-state index in [1.807, 2.05) is 6.20 Å². The van der Waals surface area contributed by atoms with Crippen molar-refractivity contribution in [1.82, 2.24) is 14.7 Å². The zero-order valence-corrected chi connectivity index (χ0v) is 16.7. The van der Waals surface area contributed by atoms with E-state index in [9.17, 15) is 9.59 Å². The van der Waals surface area contributed by atoms with Gasteiger partial charge in [-0.3, -0.25) is 9.59 Å². The van der Waals surface area contributed by atoms with Crippen molar-refractivity contribution in [2.75, 3.05) is 18.9 Å². The Balaban J connectivity index is 1.62. The molecule has 8 heteroatoms. The Hall–Kier alpha value is -2.64. The third-order valence-corrected chi connectivity index (χ3v) is 4.41. The third-order valence-electron chi connectivity index (χ3n) is 3.77. The van der Waals surface area contributed by atoms with Gasteiger partial charge in [-0.15, -0.1) is 0 Å². The number of halogens is 2. The molecule has 0 saturated carbocycles. The molecule has 0 bridgehead atoms. The first kappa shape index (κ1) is 19.1. The lowest BCUT2D eigenvalue weighted by Gasteiger charge is -2.17. The normalized spacial score (nSPS) is 10.5. The first-order valence-electron chi connectivity index (χ1n) is 8.04. The number of aromatic nitrogens is 2. The molecule has 0 fully saturated rings. The van der Waals surface area contributed by atoms with E-state index in [1.165, 1.54) is 4.90 Å². The Kier molecular flexibility index (Phi) is 5.93. The molecule has 0 aliphatic carbocycles. The van der Waals surface area contributed by atoms with E-state index in [0.717, 1.165) is 10.2 Å². The Morgan fingerprint density at radius 3 is 2.59 bits per heavy atom. The summed E-state index contributed by atoms with van der Waals surface area (Å²) in [4.78, 5) is 26.0. The molecule has 0 unspecified atom stereocenters. The monoisotopic (exact) mass is 446 g/mol. The van der Waals surface area contributed by atoms with Crippen LogP contribution in [0.15, 0.2) is 65.4 Å². The van der Waals surface area contributed by atoms with Crippen LogP contribution in [-0.2, 0) is 4.79 Å². The van der Waals surface area contributed by atoms with Crippen LogP contribution >= 0.6 is 27.5 Å². The van der Waals surface area contributed by atoms with Crippen LogP contribution in [0.4, 0.5) is 5.69 Å².